The molecule has 1 aromatic heterocycles. The van der Waals surface area contributed by atoms with Crippen molar-refractivity contribution in [2.24, 2.45) is 0 Å². The van der Waals surface area contributed by atoms with Gasteiger partial charge in [-0.1, -0.05) is 12.1 Å². The van der Waals surface area contributed by atoms with E-state index in [0.717, 1.165) is 12.1 Å². The molecule has 0 bridgehead atoms. The lowest BCUT2D eigenvalue weighted by atomic mass is 10.1. The number of hydrogen-bond donors (Lipinski definition) is 2. The number of hydrogen-bond acceptors (Lipinski definition) is 6. The van der Waals surface area contributed by atoms with Gasteiger partial charge in [0.2, 0.25) is 11.8 Å². The average Bonchev–Trinajstić information content (AvgIpc) is 3.31. The summed E-state index contributed by atoms with van der Waals surface area (Å²) in [4.78, 5) is 12.2. The molecule has 0 saturated heterocycles. The molecule has 1 amide bonds. The van der Waals surface area contributed by atoms with E-state index in [1.54, 1.807) is 45.0 Å². The number of amides is 1. The molecule has 4 rings (SSSR count). The lowest BCUT2D eigenvalue weighted by Gasteiger charge is -2.21. The van der Waals surface area contributed by atoms with Crippen LogP contribution in [0, 0.1) is 0 Å². The molecule has 174 valence electrons. The smallest absolute Gasteiger partial charge is 0.416 e. The first-order valence-corrected chi connectivity index (χ1v) is 10.3. The summed E-state index contributed by atoms with van der Waals surface area (Å²) in [6.45, 7) is 5.33. The maximum Gasteiger partial charge on any atom is 0.416 e. The molecule has 2 aromatic carbocycles. The Bertz CT molecular complexity index is 1150. The van der Waals surface area contributed by atoms with Gasteiger partial charge < -0.3 is 19.8 Å². The summed E-state index contributed by atoms with van der Waals surface area (Å²) >= 11 is 0. The van der Waals surface area contributed by atoms with Gasteiger partial charge in [0.15, 0.2) is 0 Å². The van der Waals surface area contributed by atoms with E-state index in [-0.39, 0.29) is 11.8 Å². The molecule has 3 aromatic rings. The van der Waals surface area contributed by atoms with E-state index >= 15 is 0 Å². The number of alkyl halides is 3. The molecular weight excluding hydrogens is 437 g/mol. The van der Waals surface area contributed by atoms with Gasteiger partial charge in [-0.15, -0.1) is 10.2 Å². The normalized spacial score (nSPS) is 15.1. The van der Waals surface area contributed by atoms with Crippen LogP contribution >= 0.6 is 0 Å². The van der Waals surface area contributed by atoms with Crippen molar-refractivity contribution in [2.45, 2.75) is 50.9 Å². The maximum absolute atomic E-state index is 12.8. The average molecular weight is 460 g/mol. The fourth-order valence-corrected chi connectivity index (χ4v) is 3.22. The lowest BCUT2D eigenvalue weighted by Crippen LogP contribution is -2.39. The highest BCUT2D eigenvalue weighted by atomic mass is 19.4. The third kappa shape index (κ3) is 5.27. The van der Waals surface area contributed by atoms with Crippen LogP contribution in [-0.2, 0) is 16.5 Å². The number of halogens is 3. The Balaban J connectivity index is 1.53. The van der Waals surface area contributed by atoms with Crippen molar-refractivity contribution in [3.05, 3.63) is 60.0 Å². The van der Waals surface area contributed by atoms with Crippen LogP contribution < -0.4 is 10.6 Å². The molecule has 1 saturated carbocycles. The number of benzene rings is 2. The van der Waals surface area contributed by atoms with E-state index in [4.69, 9.17) is 9.15 Å². The zero-order chi connectivity index (χ0) is 23.9. The minimum absolute atomic E-state index is 0.220. The first kappa shape index (κ1) is 22.6. The quantitative estimate of drug-likeness (QED) is 0.485. The van der Waals surface area contributed by atoms with E-state index in [2.05, 4.69) is 20.8 Å². The highest BCUT2D eigenvalue weighted by molar-refractivity contribution is 5.77. The second-order valence-corrected chi connectivity index (χ2v) is 8.87. The van der Waals surface area contributed by atoms with Crippen LogP contribution in [0.5, 0.6) is 0 Å². The Kier molecular flexibility index (Phi) is 5.55. The molecular formula is C23H23F3N4O3. The third-order valence-corrected chi connectivity index (χ3v) is 4.97. The van der Waals surface area contributed by atoms with Crippen LogP contribution in [0.15, 0.2) is 52.9 Å². The van der Waals surface area contributed by atoms with Gasteiger partial charge in [-0.05, 0) is 70.0 Å². The van der Waals surface area contributed by atoms with E-state index in [0.29, 0.717) is 29.8 Å². The zero-order valence-electron chi connectivity index (χ0n) is 18.3. The Morgan fingerprint density at radius 3 is 2.30 bits per heavy atom. The molecule has 1 aliphatic carbocycles. The Hall–Kier alpha value is -3.56. The monoisotopic (exact) mass is 460 g/mol. The van der Waals surface area contributed by atoms with Crippen LogP contribution in [0.4, 0.5) is 29.3 Å². The molecule has 0 unspecified atom stereocenters. The Morgan fingerprint density at radius 2 is 1.70 bits per heavy atom. The van der Waals surface area contributed by atoms with Crippen molar-refractivity contribution >= 4 is 17.5 Å². The van der Waals surface area contributed by atoms with Crippen molar-refractivity contribution in [3.8, 4) is 11.5 Å². The van der Waals surface area contributed by atoms with E-state index < -0.39 is 29.0 Å². The highest BCUT2D eigenvalue weighted by Gasteiger charge is 2.51. The van der Waals surface area contributed by atoms with Crippen LogP contribution in [0.1, 0.15) is 45.1 Å². The van der Waals surface area contributed by atoms with Crippen LogP contribution in [-0.4, -0.2) is 21.9 Å². The van der Waals surface area contributed by atoms with Crippen molar-refractivity contribution < 1.29 is 27.1 Å². The van der Waals surface area contributed by atoms with Crippen molar-refractivity contribution in [1.82, 2.24) is 15.5 Å². The molecule has 2 N–H and O–H groups in total. The molecule has 0 atom stereocenters. The number of nitrogens with one attached hydrogen (secondary N) is 2. The number of nitrogens with zero attached hydrogens (tertiary/aromatic N) is 2. The summed E-state index contributed by atoms with van der Waals surface area (Å²) in [7, 11) is 0. The summed E-state index contributed by atoms with van der Waals surface area (Å²) < 4.78 is 49.7. The number of carbonyl (C=O) groups excluding carboxylic acids is 1. The fraction of sp³-hybridized carbons (Fsp3) is 0.348. The SMILES string of the molecule is CC(C)(C)OC(=O)NC1(c2nnc(-c3ccccc3Nc3ccc(C(F)(F)F)cc3)o2)CC1. The molecule has 10 heteroatoms. The van der Waals surface area contributed by atoms with Crippen molar-refractivity contribution in [1.29, 1.82) is 0 Å². The maximum atomic E-state index is 12.8. The Morgan fingerprint density at radius 1 is 1.03 bits per heavy atom. The van der Waals surface area contributed by atoms with Crippen LogP contribution in [0.25, 0.3) is 11.5 Å². The summed E-state index contributed by atoms with van der Waals surface area (Å²) in [6, 6.07) is 11.8. The van der Waals surface area contributed by atoms with Gasteiger partial charge in [0, 0.05) is 5.69 Å². The molecule has 0 aliphatic heterocycles. The number of ether oxygens (including phenoxy) is 1. The summed E-state index contributed by atoms with van der Waals surface area (Å²) in [5, 5.41) is 14.1. The number of rotatable bonds is 5. The van der Waals surface area contributed by atoms with Gasteiger partial charge in [-0.2, -0.15) is 13.2 Å². The zero-order valence-corrected chi connectivity index (χ0v) is 18.3. The molecule has 33 heavy (non-hydrogen) atoms. The van der Waals surface area contributed by atoms with E-state index in [1.807, 2.05) is 0 Å². The largest absolute Gasteiger partial charge is 0.444 e. The lowest BCUT2D eigenvalue weighted by molar-refractivity contribution is -0.137. The standard InChI is InChI=1S/C23H23F3N4O3/c1-21(2,3)33-20(31)28-22(12-13-22)19-30-29-18(32-19)16-6-4-5-7-17(16)27-15-10-8-14(9-11-15)23(24,25)26/h4-11,27H,12-13H2,1-3H3,(H,28,31). The van der Waals surface area contributed by atoms with Gasteiger partial charge in [0.05, 0.1) is 16.8 Å². The van der Waals surface area contributed by atoms with Gasteiger partial charge in [0.25, 0.3) is 0 Å². The molecule has 7 nitrogen and oxygen atoms in total. The Labute approximate surface area is 188 Å². The number of aromatic nitrogens is 2. The molecule has 1 fully saturated rings. The predicted octanol–water partition coefficient (Wildman–Crippen LogP) is 6.01. The second kappa shape index (κ2) is 8.09. The summed E-state index contributed by atoms with van der Waals surface area (Å²) in [5.41, 5.74) is -0.496. The van der Waals surface area contributed by atoms with Crippen LogP contribution in [0.3, 0.4) is 0 Å². The minimum atomic E-state index is -4.40. The van der Waals surface area contributed by atoms with E-state index in [1.165, 1.54) is 12.1 Å². The predicted molar refractivity (Wildman–Crippen MR) is 115 cm³/mol. The highest BCUT2D eigenvalue weighted by Crippen LogP contribution is 2.46. The van der Waals surface area contributed by atoms with Gasteiger partial charge in [-0.3, -0.25) is 0 Å². The number of anilines is 2. The minimum Gasteiger partial charge on any atom is -0.444 e. The van der Waals surface area contributed by atoms with Crippen molar-refractivity contribution in [2.75, 3.05) is 5.32 Å². The number of carbonyl (C=O) groups is 1. The van der Waals surface area contributed by atoms with E-state index in [9.17, 15) is 18.0 Å². The molecule has 0 radical (unpaired) electrons. The van der Waals surface area contributed by atoms with Crippen LogP contribution in [0.2, 0.25) is 0 Å². The van der Waals surface area contributed by atoms with Gasteiger partial charge >= 0.3 is 12.3 Å². The van der Waals surface area contributed by atoms with Crippen molar-refractivity contribution in [3.63, 3.8) is 0 Å². The number of para-hydroxylation sites is 1. The topological polar surface area (TPSA) is 89.3 Å². The third-order valence-electron chi connectivity index (χ3n) is 4.97. The number of alkyl carbamates (subject to hydrolysis) is 1. The molecule has 0 spiro atoms. The summed E-state index contributed by atoms with van der Waals surface area (Å²) in [5.74, 6) is 0.491. The fourth-order valence-electron chi connectivity index (χ4n) is 3.22. The second-order valence-electron chi connectivity index (χ2n) is 8.87. The van der Waals surface area contributed by atoms with Gasteiger partial charge in [0.1, 0.15) is 11.1 Å². The molecule has 1 aliphatic rings. The molecule has 1 heterocycles. The first-order chi connectivity index (χ1) is 15.5. The van der Waals surface area contributed by atoms with Gasteiger partial charge in [-0.25, -0.2) is 4.79 Å². The summed E-state index contributed by atoms with van der Waals surface area (Å²) in [6.07, 6.45) is -3.69. The first-order valence-electron chi connectivity index (χ1n) is 10.3.